The number of carbonyl (C=O) groups excluding carboxylic acids is 2. The molecule has 0 aromatic carbocycles. The second-order valence-corrected chi connectivity index (χ2v) is 9.75. The van der Waals surface area contributed by atoms with Crippen LogP contribution in [-0.4, -0.2) is 50.9 Å². The van der Waals surface area contributed by atoms with Crippen LogP contribution in [0.15, 0.2) is 23.8 Å². The van der Waals surface area contributed by atoms with Gasteiger partial charge in [0.2, 0.25) is 0 Å². The Morgan fingerprint density at radius 2 is 2.00 bits per heavy atom. The third-order valence-corrected chi connectivity index (χ3v) is 8.75. The predicted octanol–water partition coefficient (Wildman–Crippen LogP) is 1.90. The smallest absolute Gasteiger partial charge is 0.190 e. The first kappa shape index (κ1) is 19.9. The highest BCUT2D eigenvalue weighted by Crippen LogP contribution is 2.70. The van der Waals surface area contributed by atoms with Gasteiger partial charge >= 0.3 is 0 Å². The third kappa shape index (κ3) is 2.01. The molecule has 0 aliphatic heterocycles. The third-order valence-electron chi connectivity index (χ3n) is 8.75. The summed E-state index contributed by atoms with van der Waals surface area (Å²) in [5.41, 5.74) is -5.18. The van der Waals surface area contributed by atoms with Gasteiger partial charge in [0.1, 0.15) is 12.2 Å². The van der Waals surface area contributed by atoms with Gasteiger partial charge in [-0.2, -0.15) is 0 Å². The Kier molecular flexibility index (Phi) is 4.15. The molecule has 0 spiro atoms. The van der Waals surface area contributed by atoms with E-state index in [-0.39, 0.29) is 24.5 Å². The van der Waals surface area contributed by atoms with Crippen molar-refractivity contribution < 1.29 is 29.3 Å². The molecule has 0 bridgehead atoms. The summed E-state index contributed by atoms with van der Waals surface area (Å²) in [6.07, 6.45) is 4.41. The van der Waals surface area contributed by atoms with E-state index < -0.39 is 52.4 Å². The first-order valence-electron chi connectivity index (χ1n) is 10.1. The molecule has 0 radical (unpaired) electrons. The van der Waals surface area contributed by atoms with Gasteiger partial charge in [0.05, 0.1) is 6.10 Å². The Bertz CT molecular complexity index is 805. The van der Waals surface area contributed by atoms with E-state index in [0.717, 1.165) is 0 Å². The number of ketones is 2. The SMILES string of the molecule is C[C@H]1CC2C3CC=C4CC(=O)C=CC4(C)[C@@]3(F)[C@@H](O)CC2(C)[C@@]1(O)C(=O)CO. The average Bonchev–Trinajstić information content (AvgIpc) is 2.84. The molecule has 0 saturated heterocycles. The Balaban J connectivity index is 1.85. The summed E-state index contributed by atoms with van der Waals surface area (Å²) in [5.74, 6) is -2.09. The molecule has 0 heterocycles. The highest BCUT2D eigenvalue weighted by atomic mass is 19.1. The predicted molar refractivity (Wildman–Crippen MR) is 99.9 cm³/mol. The van der Waals surface area contributed by atoms with E-state index in [0.29, 0.717) is 18.4 Å². The topological polar surface area (TPSA) is 94.8 Å². The van der Waals surface area contributed by atoms with Crippen molar-refractivity contribution in [2.75, 3.05) is 6.61 Å². The molecular weight excluding hydrogens is 363 g/mol. The molecule has 5 nitrogen and oxygen atoms in total. The summed E-state index contributed by atoms with van der Waals surface area (Å²) in [6, 6.07) is 0. The molecular formula is C22H29FO5. The highest BCUT2D eigenvalue weighted by Gasteiger charge is 2.75. The van der Waals surface area contributed by atoms with Crippen molar-refractivity contribution in [3.8, 4) is 0 Å². The molecule has 28 heavy (non-hydrogen) atoms. The molecule has 8 atom stereocenters. The largest absolute Gasteiger partial charge is 0.390 e. The van der Waals surface area contributed by atoms with Gasteiger partial charge in [0, 0.05) is 23.2 Å². The van der Waals surface area contributed by atoms with Crippen LogP contribution in [0.2, 0.25) is 0 Å². The van der Waals surface area contributed by atoms with Gasteiger partial charge in [0.15, 0.2) is 17.2 Å². The molecule has 0 amide bonds. The minimum Gasteiger partial charge on any atom is -0.390 e. The summed E-state index contributed by atoms with van der Waals surface area (Å²) in [7, 11) is 0. The lowest BCUT2D eigenvalue weighted by molar-refractivity contribution is -0.215. The van der Waals surface area contributed by atoms with Crippen LogP contribution >= 0.6 is 0 Å². The van der Waals surface area contributed by atoms with E-state index in [9.17, 15) is 24.9 Å². The van der Waals surface area contributed by atoms with E-state index in [1.807, 2.05) is 6.08 Å². The lowest BCUT2D eigenvalue weighted by Crippen LogP contribution is -2.69. The van der Waals surface area contributed by atoms with Gasteiger partial charge in [-0.1, -0.05) is 31.6 Å². The van der Waals surface area contributed by atoms with Crippen LogP contribution in [0.25, 0.3) is 0 Å². The Hall–Kier alpha value is -1.37. The van der Waals surface area contributed by atoms with Crippen LogP contribution in [-0.2, 0) is 9.59 Å². The molecule has 4 rings (SSSR count). The maximum atomic E-state index is 16.9. The van der Waals surface area contributed by atoms with Gasteiger partial charge in [-0.15, -0.1) is 0 Å². The monoisotopic (exact) mass is 392 g/mol. The lowest BCUT2D eigenvalue weighted by atomic mass is 9.45. The van der Waals surface area contributed by atoms with Crippen molar-refractivity contribution in [1.82, 2.24) is 0 Å². The number of hydrogen-bond acceptors (Lipinski definition) is 5. The number of halogens is 1. The minimum absolute atomic E-state index is 0.0676. The lowest BCUT2D eigenvalue weighted by Gasteiger charge is -2.62. The standard InChI is InChI=1S/C22H29FO5/c1-12-8-16-15-5-4-13-9-14(25)6-7-19(13,2)21(15,23)17(26)10-20(16,3)22(12,28)18(27)11-24/h4,6-7,12,15-17,24,26,28H,5,8-11H2,1-3H3/t12-,15?,16?,17-,19?,20?,21-,22-/m0/s1. The number of carbonyl (C=O) groups is 2. The van der Waals surface area contributed by atoms with E-state index in [1.165, 1.54) is 6.08 Å². The zero-order valence-corrected chi connectivity index (χ0v) is 16.6. The van der Waals surface area contributed by atoms with E-state index >= 15 is 4.39 Å². The van der Waals surface area contributed by atoms with Crippen LogP contribution in [0.1, 0.15) is 46.5 Å². The number of Topliss-reactive ketones (excluding diaryl/α,β-unsaturated/α-hetero) is 1. The maximum absolute atomic E-state index is 16.9. The van der Waals surface area contributed by atoms with E-state index in [2.05, 4.69) is 0 Å². The van der Waals surface area contributed by atoms with Gasteiger partial charge in [-0.25, -0.2) is 4.39 Å². The van der Waals surface area contributed by atoms with Crippen molar-refractivity contribution in [1.29, 1.82) is 0 Å². The number of allylic oxidation sites excluding steroid dienone is 4. The van der Waals surface area contributed by atoms with Crippen LogP contribution in [0.4, 0.5) is 4.39 Å². The second-order valence-electron chi connectivity index (χ2n) is 9.75. The molecule has 154 valence electrons. The molecule has 0 aromatic rings. The average molecular weight is 392 g/mol. The number of aliphatic hydroxyl groups is 3. The van der Waals surface area contributed by atoms with Crippen LogP contribution in [0, 0.1) is 28.6 Å². The van der Waals surface area contributed by atoms with E-state index in [4.69, 9.17) is 0 Å². The fourth-order valence-electron chi connectivity index (χ4n) is 7.17. The van der Waals surface area contributed by atoms with Gasteiger partial charge in [0.25, 0.3) is 0 Å². The summed E-state index contributed by atoms with van der Waals surface area (Å²) >= 11 is 0. The molecule has 4 unspecified atom stereocenters. The zero-order chi connectivity index (χ0) is 20.7. The van der Waals surface area contributed by atoms with Crippen molar-refractivity contribution in [2.45, 2.75) is 63.8 Å². The van der Waals surface area contributed by atoms with Crippen LogP contribution < -0.4 is 0 Å². The number of fused-ring (bicyclic) bond motifs is 5. The van der Waals surface area contributed by atoms with Gasteiger partial charge in [-0.05, 0) is 44.1 Å². The number of hydrogen-bond donors (Lipinski definition) is 3. The van der Waals surface area contributed by atoms with Crippen LogP contribution in [0.5, 0.6) is 0 Å². The van der Waals surface area contributed by atoms with Crippen LogP contribution in [0.3, 0.4) is 0 Å². The Morgan fingerprint density at radius 1 is 1.32 bits per heavy atom. The Labute approximate surface area is 164 Å². The number of rotatable bonds is 2. The minimum atomic E-state index is -1.98. The summed E-state index contributed by atoms with van der Waals surface area (Å²) in [5, 5.41) is 32.0. The fourth-order valence-corrected chi connectivity index (χ4v) is 7.17. The molecule has 4 aliphatic rings. The Morgan fingerprint density at radius 3 is 2.64 bits per heavy atom. The number of alkyl halides is 1. The molecule has 6 heteroatoms. The van der Waals surface area contributed by atoms with E-state index in [1.54, 1.807) is 26.8 Å². The highest BCUT2D eigenvalue weighted by molar-refractivity contribution is 5.93. The van der Waals surface area contributed by atoms with Crippen molar-refractivity contribution in [3.63, 3.8) is 0 Å². The second kappa shape index (κ2) is 5.83. The van der Waals surface area contributed by atoms with Crippen molar-refractivity contribution >= 4 is 11.6 Å². The van der Waals surface area contributed by atoms with Crippen molar-refractivity contribution in [2.24, 2.45) is 28.6 Å². The molecule has 0 aromatic heterocycles. The molecule has 4 aliphatic carbocycles. The van der Waals surface area contributed by atoms with Gasteiger partial charge < -0.3 is 15.3 Å². The quantitative estimate of drug-likeness (QED) is 0.624. The molecule has 2 saturated carbocycles. The normalized spacial score (nSPS) is 52.5. The van der Waals surface area contributed by atoms with Gasteiger partial charge in [-0.3, -0.25) is 9.59 Å². The first-order chi connectivity index (χ1) is 13.0. The summed E-state index contributed by atoms with van der Waals surface area (Å²) < 4.78 is 16.9. The summed E-state index contributed by atoms with van der Waals surface area (Å²) in [6.45, 7) is 4.47. The number of aliphatic hydroxyl groups excluding tert-OH is 2. The fraction of sp³-hybridized carbons (Fsp3) is 0.727. The molecule has 2 fully saturated rings. The summed E-state index contributed by atoms with van der Waals surface area (Å²) in [4.78, 5) is 24.4. The molecule has 3 N–H and O–H groups in total. The first-order valence-corrected chi connectivity index (χ1v) is 10.1. The maximum Gasteiger partial charge on any atom is 0.190 e. The van der Waals surface area contributed by atoms with Crippen molar-refractivity contribution in [3.05, 3.63) is 23.8 Å². The zero-order valence-electron chi connectivity index (χ0n) is 16.6.